The van der Waals surface area contributed by atoms with Crippen LogP contribution >= 0.6 is 0 Å². The van der Waals surface area contributed by atoms with E-state index in [-0.39, 0.29) is 19.1 Å². The van der Waals surface area contributed by atoms with Gasteiger partial charge in [-0.05, 0) is 36.8 Å². The van der Waals surface area contributed by atoms with Gasteiger partial charge in [-0.3, -0.25) is 4.79 Å². The van der Waals surface area contributed by atoms with Crippen molar-refractivity contribution in [3.05, 3.63) is 59.7 Å². The number of nitrogens with one attached hydrogen (secondary N) is 1. The van der Waals surface area contributed by atoms with Gasteiger partial charge >= 0.3 is 5.97 Å². The van der Waals surface area contributed by atoms with Gasteiger partial charge in [-0.25, -0.2) is 4.79 Å². The molecule has 6 heteroatoms. The predicted molar refractivity (Wildman–Crippen MR) is 92.5 cm³/mol. The first kappa shape index (κ1) is 18.3. The Hall–Kier alpha value is -3.02. The number of carbonyl (C=O) groups excluding carboxylic acids is 2. The van der Waals surface area contributed by atoms with E-state index in [2.05, 4.69) is 5.32 Å². The largest absolute Gasteiger partial charge is 0.497 e. The van der Waals surface area contributed by atoms with E-state index in [1.807, 2.05) is 43.3 Å². The average molecular weight is 343 g/mol. The predicted octanol–water partition coefficient (Wildman–Crippen LogP) is 2.24. The van der Waals surface area contributed by atoms with Crippen LogP contribution in [0.2, 0.25) is 0 Å². The summed E-state index contributed by atoms with van der Waals surface area (Å²) in [4.78, 5) is 23.3. The molecule has 0 heterocycles. The summed E-state index contributed by atoms with van der Waals surface area (Å²) < 4.78 is 15.3. The molecule has 0 atom stereocenters. The lowest BCUT2D eigenvalue weighted by molar-refractivity contribution is -0.150. The van der Waals surface area contributed by atoms with Crippen molar-refractivity contribution in [3.63, 3.8) is 0 Å². The van der Waals surface area contributed by atoms with Crippen molar-refractivity contribution in [1.29, 1.82) is 0 Å². The van der Waals surface area contributed by atoms with Crippen LogP contribution in [0.4, 0.5) is 0 Å². The van der Waals surface area contributed by atoms with Crippen LogP contribution in [-0.4, -0.2) is 32.2 Å². The standard InChI is InChI=1S/C19H21NO5/c1-14-6-8-16(9-7-14)24-13-19(22)25-12-18(21)20-11-15-4-3-5-17(10-15)23-2/h3-10H,11-13H2,1-2H3,(H,20,21). The molecule has 2 aromatic rings. The number of aryl methyl sites for hydroxylation is 1. The van der Waals surface area contributed by atoms with Crippen LogP contribution in [0.1, 0.15) is 11.1 Å². The molecule has 0 saturated carbocycles. The summed E-state index contributed by atoms with van der Waals surface area (Å²) in [5, 5.41) is 2.67. The quantitative estimate of drug-likeness (QED) is 0.744. The van der Waals surface area contributed by atoms with E-state index in [9.17, 15) is 9.59 Å². The number of hydrogen-bond donors (Lipinski definition) is 1. The van der Waals surface area contributed by atoms with Crippen LogP contribution in [0.15, 0.2) is 48.5 Å². The molecule has 1 N–H and O–H groups in total. The highest BCUT2D eigenvalue weighted by atomic mass is 16.6. The first-order chi connectivity index (χ1) is 12.1. The zero-order valence-corrected chi connectivity index (χ0v) is 14.3. The molecule has 0 aliphatic carbocycles. The summed E-state index contributed by atoms with van der Waals surface area (Å²) >= 11 is 0. The Kier molecular flexibility index (Phi) is 6.83. The molecule has 0 unspecified atom stereocenters. The highest BCUT2D eigenvalue weighted by Crippen LogP contribution is 2.12. The van der Waals surface area contributed by atoms with Crippen LogP contribution in [0.5, 0.6) is 11.5 Å². The van der Waals surface area contributed by atoms with E-state index in [4.69, 9.17) is 14.2 Å². The molecule has 1 amide bonds. The first-order valence-electron chi connectivity index (χ1n) is 7.81. The second-order valence-electron chi connectivity index (χ2n) is 5.39. The minimum atomic E-state index is -0.600. The molecule has 0 aliphatic rings. The molecule has 0 aromatic heterocycles. The lowest BCUT2D eigenvalue weighted by Gasteiger charge is -2.09. The van der Waals surface area contributed by atoms with Crippen LogP contribution < -0.4 is 14.8 Å². The van der Waals surface area contributed by atoms with Gasteiger partial charge in [0, 0.05) is 6.54 Å². The van der Waals surface area contributed by atoms with E-state index in [0.29, 0.717) is 18.0 Å². The van der Waals surface area contributed by atoms with E-state index in [0.717, 1.165) is 11.1 Å². The Morgan fingerprint density at radius 3 is 2.48 bits per heavy atom. The third kappa shape index (κ3) is 6.55. The minimum Gasteiger partial charge on any atom is -0.497 e. The van der Waals surface area contributed by atoms with Gasteiger partial charge in [0.15, 0.2) is 13.2 Å². The van der Waals surface area contributed by atoms with Gasteiger partial charge in [0.1, 0.15) is 11.5 Å². The van der Waals surface area contributed by atoms with Crippen LogP contribution in [0, 0.1) is 6.92 Å². The average Bonchev–Trinajstić information content (AvgIpc) is 2.64. The number of carbonyl (C=O) groups is 2. The summed E-state index contributed by atoms with van der Waals surface area (Å²) in [5.41, 5.74) is 1.99. The Morgan fingerprint density at radius 2 is 1.76 bits per heavy atom. The maximum Gasteiger partial charge on any atom is 0.344 e. The van der Waals surface area contributed by atoms with E-state index in [1.165, 1.54) is 0 Å². The smallest absolute Gasteiger partial charge is 0.344 e. The van der Waals surface area contributed by atoms with Crippen molar-refractivity contribution >= 4 is 11.9 Å². The maximum absolute atomic E-state index is 11.7. The van der Waals surface area contributed by atoms with Gasteiger partial charge in [0.05, 0.1) is 7.11 Å². The highest BCUT2D eigenvalue weighted by Gasteiger charge is 2.08. The second kappa shape index (κ2) is 9.32. The first-order valence-corrected chi connectivity index (χ1v) is 7.81. The molecule has 25 heavy (non-hydrogen) atoms. The molecular weight excluding hydrogens is 322 g/mol. The summed E-state index contributed by atoms with van der Waals surface area (Å²) in [7, 11) is 1.58. The fraction of sp³-hybridized carbons (Fsp3) is 0.263. The number of benzene rings is 2. The number of amides is 1. The normalized spacial score (nSPS) is 10.0. The van der Waals surface area contributed by atoms with Crippen molar-refractivity contribution < 1.29 is 23.8 Å². The van der Waals surface area contributed by atoms with Crippen molar-refractivity contribution in [3.8, 4) is 11.5 Å². The van der Waals surface area contributed by atoms with E-state index in [1.54, 1.807) is 19.2 Å². The third-order valence-electron chi connectivity index (χ3n) is 3.37. The molecule has 0 bridgehead atoms. The van der Waals surface area contributed by atoms with Crippen LogP contribution in [-0.2, 0) is 20.9 Å². The molecular formula is C19H21NO5. The van der Waals surface area contributed by atoms with Gasteiger partial charge < -0.3 is 19.5 Å². The van der Waals surface area contributed by atoms with Gasteiger partial charge in [0.2, 0.25) is 0 Å². The number of esters is 1. The van der Waals surface area contributed by atoms with E-state index < -0.39 is 5.97 Å². The molecule has 0 saturated heterocycles. The number of hydrogen-bond acceptors (Lipinski definition) is 5. The molecule has 0 radical (unpaired) electrons. The highest BCUT2D eigenvalue weighted by molar-refractivity contribution is 5.80. The molecule has 0 fully saturated rings. The second-order valence-corrected chi connectivity index (χ2v) is 5.39. The summed E-state index contributed by atoms with van der Waals surface area (Å²) in [6.07, 6.45) is 0. The molecule has 2 rings (SSSR count). The van der Waals surface area contributed by atoms with Crippen molar-refractivity contribution in [2.45, 2.75) is 13.5 Å². The van der Waals surface area contributed by atoms with Crippen LogP contribution in [0.25, 0.3) is 0 Å². The third-order valence-corrected chi connectivity index (χ3v) is 3.37. The number of methoxy groups -OCH3 is 1. The van der Waals surface area contributed by atoms with Gasteiger partial charge in [-0.1, -0.05) is 29.8 Å². The minimum absolute atomic E-state index is 0.244. The van der Waals surface area contributed by atoms with E-state index >= 15 is 0 Å². The van der Waals surface area contributed by atoms with Crippen molar-refractivity contribution in [2.75, 3.05) is 20.3 Å². The zero-order valence-electron chi connectivity index (χ0n) is 14.3. The Balaban J connectivity index is 1.66. The monoisotopic (exact) mass is 343 g/mol. The van der Waals surface area contributed by atoms with Gasteiger partial charge in [-0.15, -0.1) is 0 Å². The maximum atomic E-state index is 11.7. The summed E-state index contributed by atoms with van der Waals surface area (Å²) in [6.45, 7) is 1.70. The Bertz CT molecular complexity index is 712. The number of ether oxygens (including phenoxy) is 3. The molecule has 132 valence electrons. The summed E-state index contributed by atoms with van der Waals surface area (Å²) in [6, 6.07) is 14.6. The van der Waals surface area contributed by atoms with Crippen molar-refractivity contribution in [1.82, 2.24) is 5.32 Å². The Morgan fingerprint density at radius 1 is 1.00 bits per heavy atom. The lowest BCUT2D eigenvalue weighted by Crippen LogP contribution is -2.29. The Labute approximate surface area is 146 Å². The molecule has 0 aliphatic heterocycles. The topological polar surface area (TPSA) is 73.9 Å². The lowest BCUT2D eigenvalue weighted by atomic mass is 10.2. The fourth-order valence-electron chi connectivity index (χ4n) is 2.00. The fourth-order valence-corrected chi connectivity index (χ4v) is 2.00. The SMILES string of the molecule is COc1cccc(CNC(=O)COC(=O)COc2ccc(C)cc2)c1. The molecule has 2 aromatic carbocycles. The zero-order chi connectivity index (χ0) is 18.1. The van der Waals surface area contributed by atoms with Gasteiger partial charge in [0.25, 0.3) is 5.91 Å². The van der Waals surface area contributed by atoms with Gasteiger partial charge in [-0.2, -0.15) is 0 Å². The summed E-state index contributed by atoms with van der Waals surface area (Å²) in [5.74, 6) is 0.306. The van der Waals surface area contributed by atoms with Crippen molar-refractivity contribution in [2.24, 2.45) is 0 Å². The molecule has 0 spiro atoms. The number of rotatable bonds is 8. The van der Waals surface area contributed by atoms with Crippen LogP contribution in [0.3, 0.4) is 0 Å². The molecule has 6 nitrogen and oxygen atoms in total.